The molecule has 0 amide bonds. The summed E-state index contributed by atoms with van der Waals surface area (Å²) in [5.74, 6) is 0.308. The Hall–Kier alpha value is -1.49. The fraction of sp³-hybridized carbons (Fsp3) is 0.400. The second-order valence-corrected chi connectivity index (χ2v) is 5.11. The summed E-state index contributed by atoms with van der Waals surface area (Å²) in [6.45, 7) is 3.22. The fourth-order valence-corrected chi connectivity index (χ4v) is 2.63. The largest absolute Gasteiger partial charge is 0.391 e. The molecule has 100 valence electrons. The van der Waals surface area contributed by atoms with Crippen molar-refractivity contribution >= 4 is 10.9 Å². The van der Waals surface area contributed by atoms with Gasteiger partial charge in [0.05, 0.1) is 11.6 Å². The maximum absolute atomic E-state index is 9.74. The molecular formula is C15H19N3O. The molecule has 2 unspecified atom stereocenters. The van der Waals surface area contributed by atoms with Crippen LogP contribution in [0, 0.1) is 5.92 Å². The second kappa shape index (κ2) is 5.65. The van der Waals surface area contributed by atoms with E-state index in [1.165, 1.54) is 10.9 Å². The molecule has 0 saturated carbocycles. The van der Waals surface area contributed by atoms with Gasteiger partial charge in [0.25, 0.3) is 0 Å². The monoisotopic (exact) mass is 257 g/mol. The number of hydrogen-bond acceptors (Lipinski definition) is 4. The predicted molar refractivity (Wildman–Crippen MR) is 75.8 cm³/mol. The quantitative estimate of drug-likeness (QED) is 0.762. The molecule has 0 radical (unpaired) electrons. The van der Waals surface area contributed by atoms with Gasteiger partial charge < -0.3 is 15.7 Å². The van der Waals surface area contributed by atoms with Crippen LogP contribution < -0.4 is 10.6 Å². The van der Waals surface area contributed by atoms with Crippen LogP contribution in [-0.2, 0) is 6.54 Å². The van der Waals surface area contributed by atoms with Crippen molar-refractivity contribution in [2.75, 3.05) is 19.6 Å². The molecule has 3 N–H and O–H groups in total. The van der Waals surface area contributed by atoms with E-state index in [1.807, 2.05) is 12.3 Å². The topological polar surface area (TPSA) is 57.2 Å². The first-order valence-corrected chi connectivity index (χ1v) is 6.77. The molecule has 4 heteroatoms. The summed E-state index contributed by atoms with van der Waals surface area (Å²) >= 11 is 0. The molecule has 1 saturated heterocycles. The van der Waals surface area contributed by atoms with Gasteiger partial charge in [-0.3, -0.25) is 4.98 Å². The third-order valence-corrected chi connectivity index (χ3v) is 3.74. The zero-order chi connectivity index (χ0) is 13.1. The Kier molecular flexibility index (Phi) is 3.73. The first-order chi connectivity index (χ1) is 9.34. The van der Waals surface area contributed by atoms with E-state index in [9.17, 15) is 5.11 Å². The number of pyridine rings is 1. The Labute approximate surface area is 112 Å². The molecule has 0 spiro atoms. The zero-order valence-corrected chi connectivity index (χ0v) is 10.8. The summed E-state index contributed by atoms with van der Waals surface area (Å²) in [7, 11) is 0. The molecule has 1 aliphatic rings. The molecule has 0 bridgehead atoms. The molecule has 4 nitrogen and oxygen atoms in total. The van der Waals surface area contributed by atoms with Crippen molar-refractivity contribution < 1.29 is 5.11 Å². The lowest BCUT2D eigenvalue weighted by molar-refractivity contribution is 0.146. The van der Waals surface area contributed by atoms with Crippen LogP contribution in [0.4, 0.5) is 0 Å². The Morgan fingerprint density at radius 2 is 2.16 bits per heavy atom. The minimum atomic E-state index is -0.224. The van der Waals surface area contributed by atoms with Gasteiger partial charge in [-0.25, -0.2) is 0 Å². The van der Waals surface area contributed by atoms with E-state index in [1.54, 1.807) is 0 Å². The van der Waals surface area contributed by atoms with E-state index >= 15 is 0 Å². The van der Waals surface area contributed by atoms with Crippen molar-refractivity contribution in [3.8, 4) is 0 Å². The number of hydrogen-bond donors (Lipinski definition) is 3. The number of aliphatic hydroxyl groups excluding tert-OH is 1. The molecule has 0 aliphatic carbocycles. The van der Waals surface area contributed by atoms with E-state index in [2.05, 4.69) is 39.9 Å². The number of nitrogens with one attached hydrogen (secondary N) is 2. The van der Waals surface area contributed by atoms with Crippen LogP contribution in [0.3, 0.4) is 0 Å². The molecule has 19 heavy (non-hydrogen) atoms. The van der Waals surface area contributed by atoms with E-state index in [0.29, 0.717) is 12.5 Å². The van der Waals surface area contributed by atoms with Gasteiger partial charge in [-0.15, -0.1) is 0 Å². The van der Waals surface area contributed by atoms with E-state index in [4.69, 9.17) is 0 Å². The zero-order valence-electron chi connectivity index (χ0n) is 10.8. The number of β-amino-alcohol motifs (C(OH)–C–C–N with tert-alkyl or cyclic N) is 1. The van der Waals surface area contributed by atoms with Gasteiger partial charge in [-0.1, -0.05) is 24.3 Å². The minimum Gasteiger partial charge on any atom is -0.391 e. The van der Waals surface area contributed by atoms with Gasteiger partial charge in [0.1, 0.15) is 0 Å². The molecule has 1 fully saturated rings. The highest BCUT2D eigenvalue weighted by Gasteiger charge is 2.24. The summed E-state index contributed by atoms with van der Waals surface area (Å²) in [6.07, 6.45) is 1.61. The third kappa shape index (κ3) is 2.76. The number of aromatic nitrogens is 1. The molecule has 2 aromatic rings. The summed E-state index contributed by atoms with van der Waals surface area (Å²) in [6, 6.07) is 10.3. The number of benzene rings is 1. The predicted octanol–water partition coefficient (Wildman–Crippen LogP) is 0.905. The number of fused-ring (bicyclic) bond motifs is 1. The smallest absolute Gasteiger partial charge is 0.0746 e. The number of rotatable bonds is 4. The standard InChI is InChI=1S/C15H19N3O/c19-14-10-17-9-13(14)8-16-7-12-4-1-3-11-5-2-6-18-15(11)12/h1-6,13-14,16-17,19H,7-10H2. The normalized spacial score (nSPS) is 23.0. The third-order valence-electron chi connectivity index (χ3n) is 3.74. The van der Waals surface area contributed by atoms with Crippen LogP contribution in [0.5, 0.6) is 0 Å². The van der Waals surface area contributed by atoms with Gasteiger partial charge in [-0.05, 0) is 11.6 Å². The molecule has 2 atom stereocenters. The average molecular weight is 257 g/mol. The second-order valence-electron chi connectivity index (χ2n) is 5.11. The maximum Gasteiger partial charge on any atom is 0.0746 e. The van der Waals surface area contributed by atoms with Crippen LogP contribution in [0.1, 0.15) is 5.56 Å². The van der Waals surface area contributed by atoms with Crippen molar-refractivity contribution in [3.63, 3.8) is 0 Å². The number of aliphatic hydroxyl groups is 1. The highest BCUT2D eigenvalue weighted by atomic mass is 16.3. The van der Waals surface area contributed by atoms with E-state index in [0.717, 1.165) is 25.2 Å². The Morgan fingerprint density at radius 3 is 3.00 bits per heavy atom. The van der Waals surface area contributed by atoms with Crippen molar-refractivity contribution in [3.05, 3.63) is 42.1 Å². The van der Waals surface area contributed by atoms with Gasteiger partial charge in [-0.2, -0.15) is 0 Å². The van der Waals surface area contributed by atoms with E-state index < -0.39 is 0 Å². The lowest BCUT2D eigenvalue weighted by Gasteiger charge is -2.14. The number of nitrogens with zero attached hydrogens (tertiary/aromatic N) is 1. The summed E-state index contributed by atoms with van der Waals surface area (Å²) in [4.78, 5) is 4.44. The summed E-state index contributed by atoms with van der Waals surface area (Å²) in [5.41, 5.74) is 2.26. The van der Waals surface area contributed by atoms with Crippen LogP contribution in [0.25, 0.3) is 10.9 Å². The van der Waals surface area contributed by atoms with Crippen molar-refractivity contribution in [1.82, 2.24) is 15.6 Å². The lowest BCUT2D eigenvalue weighted by Crippen LogP contribution is -2.30. The highest BCUT2D eigenvalue weighted by Crippen LogP contribution is 2.16. The van der Waals surface area contributed by atoms with Crippen molar-refractivity contribution in [2.45, 2.75) is 12.6 Å². The fourth-order valence-electron chi connectivity index (χ4n) is 2.63. The first-order valence-electron chi connectivity index (χ1n) is 6.77. The van der Waals surface area contributed by atoms with Crippen LogP contribution in [0.15, 0.2) is 36.5 Å². The van der Waals surface area contributed by atoms with Crippen LogP contribution in [0.2, 0.25) is 0 Å². The Bertz CT molecular complexity index is 553. The molecule has 2 heterocycles. The highest BCUT2D eigenvalue weighted by molar-refractivity contribution is 5.81. The SMILES string of the molecule is OC1CNCC1CNCc1cccc2cccnc12. The van der Waals surface area contributed by atoms with E-state index in [-0.39, 0.29) is 6.10 Å². The molecule has 1 aromatic heterocycles. The molecule has 3 rings (SSSR count). The summed E-state index contributed by atoms with van der Waals surface area (Å²) in [5, 5.41) is 17.5. The van der Waals surface area contributed by atoms with Crippen LogP contribution >= 0.6 is 0 Å². The average Bonchev–Trinajstić information content (AvgIpc) is 2.85. The summed E-state index contributed by atoms with van der Waals surface area (Å²) < 4.78 is 0. The minimum absolute atomic E-state index is 0.224. The molecular weight excluding hydrogens is 238 g/mol. The van der Waals surface area contributed by atoms with Gasteiger partial charge >= 0.3 is 0 Å². The Balaban J connectivity index is 1.65. The maximum atomic E-state index is 9.74. The lowest BCUT2D eigenvalue weighted by atomic mass is 10.1. The van der Waals surface area contributed by atoms with Crippen molar-refractivity contribution in [1.29, 1.82) is 0 Å². The number of para-hydroxylation sites is 1. The Morgan fingerprint density at radius 1 is 1.26 bits per heavy atom. The van der Waals surface area contributed by atoms with Gasteiger partial charge in [0.2, 0.25) is 0 Å². The molecule has 1 aromatic carbocycles. The first kappa shape index (κ1) is 12.5. The van der Waals surface area contributed by atoms with Crippen molar-refractivity contribution in [2.24, 2.45) is 5.92 Å². The molecule has 1 aliphatic heterocycles. The van der Waals surface area contributed by atoms with Gasteiger partial charge in [0, 0.05) is 43.7 Å². The van der Waals surface area contributed by atoms with Gasteiger partial charge in [0.15, 0.2) is 0 Å². The van der Waals surface area contributed by atoms with Crippen LogP contribution in [-0.4, -0.2) is 35.8 Å².